The van der Waals surface area contributed by atoms with Gasteiger partial charge in [0.1, 0.15) is 17.3 Å². The van der Waals surface area contributed by atoms with E-state index in [1.54, 1.807) is 0 Å². The monoisotopic (exact) mass is 363 g/mol. The molecule has 0 unspecified atom stereocenters. The molecular formula is C16H11F6NO2. The van der Waals surface area contributed by atoms with Crippen LogP contribution in [0.25, 0.3) is 0 Å². The molecule has 0 aliphatic carbocycles. The average molecular weight is 363 g/mol. The number of primary amides is 1. The van der Waals surface area contributed by atoms with Crippen molar-refractivity contribution >= 4 is 5.91 Å². The highest BCUT2D eigenvalue weighted by Crippen LogP contribution is 2.45. The molecule has 0 atom stereocenters. The molecule has 25 heavy (non-hydrogen) atoms. The third kappa shape index (κ3) is 3.70. The Balaban J connectivity index is 2.54. The predicted octanol–water partition coefficient (Wildman–Crippen LogP) is 4.68. The Kier molecular flexibility index (Phi) is 4.70. The summed E-state index contributed by atoms with van der Waals surface area (Å²) < 4.78 is 82.9. The first-order valence-electron chi connectivity index (χ1n) is 6.76. The van der Waals surface area contributed by atoms with E-state index in [1.807, 2.05) is 0 Å². The average Bonchev–Trinajstić information content (AvgIpc) is 2.48. The van der Waals surface area contributed by atoms with E-state index in [-0.39, 0.29) is 11.3 Å². The van der Waals surface area contributed by atoms with Crippen molar-refractivity contribution in [1.82, 2.24) is 0 Å². The van der Waals surface area contributed by atoms with Crippen molar-refractivity contribution in [2.75, 3.05) is 0 Å². The van der Waals surface area contributed by atoms with E-state index in [1.165, 1.54) is 6.92 Å². The summed E-state index contributed by atoms with van der Waals surface area (Å²) in [5, 5.41) is 0. The number of hydrogen-bond donors (Lipinski definition) is 1. The Morgan fingerprint density at radius 1 is 1.00 bits per heavy atom. The Bertz CT molecular complexity index is 817. The summed E-state index contributed by atoms with van der Waals surface area (Å²) >= 11 is 0. The minimum absolute atomic E-state index is 0.0311. The van der Waals surface area contributed by atoms with Gasteiger partial charge in [-0.1, -0.05) is 6.07 Å². The normalized spacial score (nSPS) is 12.1. The summed E-state index contributed by atoms with van der Waals surface area (Å²) in [6.07, 6.45) is -5.83. The van der Waals surface area contributed by atoms with Crippen molar-refractivity contribution in [3.63, 3.8) is 0 Å². The first-order chi connectivity index (χ1) is 11.4. The van der Waals surface area contributed by atoms with Gasteiger partial charge in [0.2, 0.25) is 0 Å². The largest absolute Gasteiger partial charge is 0.458 e. The third-order valence-corrected chi connectivity index (χ3v) is 3.32. The lowest BCUT2D eigenvalue weighted by molar-refractivity contribution is -0.289. The zero-order valence-electron chi connectivity index (χ0n) is 12.6. The van der Waals surface area contributed by atoms with Crippen LogP contribution < -0.4 is 10.5 Å². The number of halogens is 6. The molecule has 0 fully saturated rings. The number of ether oxygens (including phenoxy) is 1. The van der Waals surface area contributed by atoms with Crippen molar-refractivity contribution in [3.8, 4) is 11.5 Å². The molecule has 0 aliphatic heterocycles. The predicted molar refractivity (Wildman–Crippen MR) is 76.1 cm³/mol. The quantitative estimate of drug-likeness (QED) is 0.802. The molecule has 0 saturated carbocycles. The highest BCUT2D eigenvalue weighted by Gasteiger charge is 2.58. The maximum absolute atomic E-state index is 13.5. The molecule has 2 N–H and O–H groups in total. The number of aryl methyl sites for hydroxylation is 1. The number of nitrogens with two attached hydrogens (primary N) is 1. The number of alkyl halides is 5. The molecule has 0 spiro atoms. The zero-order valence-corrected chi connectivity index (χ0v) is 12.6. The van der Waals surface area contributed by atoms with Gasteiger partial charge in [0.25, 0.3) is 5.91 Å². The summed E-state index contributed by atoms with van der Waals surface area (Å²) in [6, 6.07) is 4.75. The van der Waals surface area contributed by atoms with Gasteiger partial charge in [0, 0.05) is 5.56 Å². The van der Waals surface area contributed by atoms with Crippen LogP contribution in [0.1, 0.15) is 21.5 Å². The fourth-order valence-electron chi connectivity index (χ4n) is 2.02. The van der Waals surface area contributed by atoms with Crippen molar-refractivity contribution < 1.29 is 35.9 Å². The van der Waals surface area contributed by atoms with Gasteiger partial charge < -0.3 is 10.5 Å². The van der Waals surface area contributed by atoms with Crippen molar-refractivity contribution in [2.45, 2.75) is 19.0 Å². The van der Waals surface area contributed by atoms with Crippen LogP contribution in [-0.4, -0.2) is 12.1 Å². The van der Waals surface area contributed by atoms with Crippen LogP contribution in [0.15, 0.2) is 36.4 Å². The van der Waals surface area contributed by atoms with Crippen LogP contribution in [0, 0.1) is 12.7 Å². The van der Waals surface area contributed by atoms with Gasteiger partial charge in [-0.15, -0.1) is 0 Å². The molecule has 9 heteroatoms. The van der Waals surface area contributed by atoms with Crippen LogP contribution in [0.3, 0.4) is 0 Å². The third-order valence-electron chi connectivity index (χ3n) is 3.32. The Morgan fingerprint density at radius 3 is 2.16 bits per heavy atom. The Labute approximate surface area is 138 Å². The minimum Gasteiger partial charge on any atom is -0.456 e. The van der Waals surface area contributed by atoms with E-state index in [2.05, 4.69) is 0 Å². The number of benzene rings is 2. The molecule has 0 aliphatic rings. The molecular weight excluding hydrogens is 352 g/mol. The van der Waals surface area contributed by atoms with Crippen molar-refractivity contribution in [3.05, 3.63) is 58.9 Å². The van der Waals surface area contributed by atoms with E-state index in [4.69, 9.17) is 10.5 Å². The molecule has 1 amide bonds. The number of amides is 1. The highest BCUT2D eigenvalue weighted by molar-refractivity contribution is 5.95. The molecule has 0 heterocycles. The van der Waals surface area contributed by atoms with Crippen molar-refractivity contribution in [2.24, 2.45) is 5.73 Å². The maximum atomic E-state index is 13.5. The minimum atomic E-state index is -5.83. The van der Waals surface area contributed by atoms with Crippen LogP contribution in [0.4, 0.5) is 26.3 Å². The van der Waals surface area contributed by atoms with Gasteiger partial charge in [-0.05, 0) is 42.8 Å². The summed E-state index contributed by atoms with van der Waals surface area (Å²) in [5.41, 5.74) is 3.51. The molecule has 0 saturated heterocycles. The van der Waals surface area contributed by atoms with Crippen LogP contribution in [0.2, 0.25) is 0 Å². The standard InChI is InChI=1S/C16H11F6NO2/c1-8-6-10(17)3-5-12(8)25-13-7-9(2-4-11(13)14(23)24)15(18,19)16(20,21)22/h2-7H,1H3,(H2,23,24). The molecule has 2 rings (SSSR count). The lowest BCUT2D eigenvalue weighted by Gasteiger charge is -2.21. The fraction of sp³-hybridized carbons (Fsp3) is 0.188. The van der Waals surface area contributed by atoms with E-state index in [9.17, 15) is 31.1 Å². The van der Waals surface area contributed by atoms with Crippen LogP contribution in [-0.2, 0) is 5.92 Å². The topological polar surface area (TPSA) is 52.3 Å². The van der Waals surface area contributed by atoms with E-state index < -0.39 is 40.7 Å². The second kappa shape index (κ2) is 6.30. The smallest absolute Gasteiger partial charge is 0.456 e. The van der Waals surface area contributed by atoms with Gasteiger partial charge in [0.05, 0.1) is 5.56 Å². The van der Waals surface area contributed by atoms with Gasteiger partial charge in [-0.25, -0.2) is 4.39 Å². The van der Waals surface area contributed by atoms with E-state index in [0.717, 1.165) is 18.2 Å². The molecule has 134 valence electrons. The Morgan fingerprint density at radius 2 is 1.64 bits per heavy atom. The van der Waals surface area contributed by atoms with Gasteiger partial charge in [0.15, 0.2) is 0 Å². The number of rotatable bonds is 4. The first-order valence-corrected chi connectivity index (χ1v) is 6.76. The van der Waals surface area contributed by atoms with Crippen molar-refractivity contribution in [1.29, 1.82) is 0 Å². The van der Waals surface area contributed by atoms with Gasteiger partial charge >= 0.3 is 12.1 Å². The molecule has 0 radical (unpaired) electrons. The Hall–Kier alpha value is -2.71. The van der Waals surface area contributed by atoms with Crippen LogP contribution >= 0.6 is 0 Å². The molecule has 3 nitrogen and oxygen atoms in total. The summed E-state index contributed by atoms with van der Waals surface area (Å²) in [6.45, 7) is 1.43. The maximum Gasteiger partial charge on any atom is 0.458 e. The summed E-state index contributed by atoms with van der Waals surface area (Å²) in [5.74, 6) is -7.46. The van der Waals surface area contributed by atoms with Crippen LogP contribution in [0.5, 0.6) is 11.5 Å². The van der Waals surface area contributed by atoms with Gasteiger partial charge in [-0.3, -0.25) is 4.79 Å². The molecule has 0 bridgehead atoms. The summed E-state index contributed by atoms with van der Waals surface area (Å²) in [4.78, 5) is 11.4. The molecule has 0 aromatic heterocycles. The second-order valence-corrected chi connectivity index (χ2v) is 5.16. The van der Waals surface area contributed by atoms with Gasteiger partial charge in [-0.2, -0.15) is 22.0 Å². The summed E-state index contributed by atoms with van der Waals surface area (Å²) in [7, 11) is 0. The SMILES string of the molecule is Cc1cc(F)ccc1Oc1cc(C(F)(F)C(F)(F)F)ccc1C(N)=O. The first kappa shape index (κ1) is 18.6. The number of carbonyl (C=O) groups excluding carboxylic acids is 1. The second-order valence-electron chi connectivity index (χ2n) is 5.16. The fourth-order valence-corrected chi connectivity index (χ4v) is 2.02. The van der Waals surface area contributed by atoms with E-state index >= 15 is 0 Å². The number of carbonyl (C=O) groups is 1. The highest BCUT2D eigenvalue weighted by atomic mass is 19.4. The molecule has 2 aromatic carbocycles. The molecule has 2 aromatic rings. The number of hydrogen-bond acceptors (Lipinski definition) is 2. The lowest BCUT2D eigenvalue weighted by Crippen LogP contribution is -2.33. The zero-order chi connectivity index (χ0) is 19.0. The van der Waals surface area contributed by atoms with E-state index in [0.29, 0.717) is 18.2 Å². The lowest BCUT2D eigenvalue weighted by atomic mass is 10.0.